The summed E-state index contributed by atoms with van der Waals surface area (Å²) in [6.45, 7) is 3.03. The number of aromatic nitrogens is 1. The van der Waals surface area contributed by atoms with E-state index < -0.39 is 10.0 Å². The van der Waals surface area contributed by atoms with Crippen molar-refractivity contribution in [1.29, 1.82) is 0 Å². The van der Waals surface area contributed by atoms with E-state index in [4.69, 9.17) is 4.74 Å². The number of hydrogen-bond donors (Lipinski definition) is 2. The summed E-state index contributed by atoms with van der Waals surface area (Å²) in [5, 5.41) is 3.62. The van der Waals surface area contributed by atoms with Gasteiger partial charge in [0.25, 0.3) is 15.9 Å². The molecular weight excluding hydrogens is 458 g/mol. The van der Waals surface area contributed by atoms with E-state index in [0.717, 1.165) is 29.4 Å². The molecule has 1 atom stereocenters. The molecule has 1 aliphatic heterocycles. The molecule has 0 radical (unpaired) electrons. The highest BCUT2D eigenvalue weighted by atomic mass is 32.2. The number of amides is 1. The van der Waals surface area contributed by atoms with Crippen molar-refractivity contribution < 1.29 is 17.9 Å². The van der Waals surface area contributed by atoms with Gasteiger partial charge in [-0.05, 0) is 67.8 Å². The first-order chi connectivity index (χ1) is 15.9. The number of nitrogens with one attached hydrogen (secondary N) is 2. The Bertz CT molecular complexity index is 1210. The fourth-order valence-corrected chi connectivity index (χ4v) is 5.53. The third-order valence-corrected chi connectivity index (χ3v) is 7.72. The van der Waals surface area contributed by atoms with Gasteiger partial charge >= 0.3 is 0 Å². The van der Waals surface area contributed by atoms with Crippen LogP contribution in [0.25, 0.3) is 0 Å². The maximum atomic E-state index is 12.6. The van der Waals surface area contributed by atoms with E-state index in [1.807, 2.05) is 12.1 Å². The highest BCUT2D eigenvalue weighted by Crippen LogP contribution is 2.28. The molecule has 9 heteroatoms. The number of hydrogen-bond acceptors (Lipinski definition) is 6. The van der Waals surface area contributed by atoms with E-state index in [-0.39, 0.29) is 16.9 Å². The van der Waals surface area contributed by atoms with E-state index in [2.05, 4.69) is 15.0 Å². The molecule has 4 rings (SSSR count). The van der Waals surface area contributed by atoms with Gasteiger partial charge in [0.05, 0.1) is 16.6 Å². The van der Waals surface area contributed by atoms with Crippen LogP contribution in [-0.2, 0) is 14.8 Å². The van der Waals surface area contributed by atoms with Crippen molar-refractivity contribution in [2.45, 2.75) is 40.7 Å². The summed E-state index contributed by atoms with van der Waals surface area (Å²) >= 11 is 1.43. The number of carbonyl (C=O) groups is 1. The quantitative estimate of drug-likeness (QED) is 0.497. The average molecular weight is 484 g/mol. The topological polar surface area (TPSA) is 97.4 Å². The van der Waals surface area contributed by atoms with Gasteiger partial charge in [0.1, 0.15) is 5.03 Å². The Kier molecular flexibility index (Phi) is 7.32. The van der Waals surface area contributed by atoms with Gasteiger partial charge in [-0.3, -0.25) is 9.52 Å². The van der Waals surface area contributed by atoms with Crippen LogP contribution in [0.15, 0.2) is 81.7 Å². The predicted molar refractivity (Wildman–Crippen MR) is 128 cm³/mol. The molecule has 0 spiro atoms. The lowest BCUT2D eigenvalue weighted by Crippen LogP contribution is -2.31. The second-order valence-electron chi connectivity index (χ2n) is 7.73. The van der Waals surface area contributed by atoms with Crippen molar-refractivity contribution in [3.8, 4) is 0 Å². The average Bonchev–Trinajstić information content (AvgIpc) is 3.33. The lowest BCUT2D eigenvalue weighted by atomic mass is 10.2. The number of sulfonamides is 1. The van der Waals surface area contributed by atoms with E-state index >= 15 is 0 Å². The van der Waals surface area contributed by atoms with E-state index in [1.54, 1.807) is 61.7 Å². The summed E-state index contributed by atoms with van der Waals surface area (Å²) in [6, 6.07) is 17.5. The van der Waals surface area contributed by atoms with Crippen LogP contribution in [0, 0.1) is 6.92 Å². The Morgan fingerprint density at radius 2 is 1.91 bits per heavy atom. The van der Waals surface area contributed by atoms with Crippen LogP contribution in [0.1, 0.15) is 28.8 Å². The number of aryl methyl sites for hydroxylation is 1. The largest absolute Gasteiger partial charge is 0.376 e. The van der Waals surface area contributed by atoms with Crippen LogP contribution in [-0.4, -0.2) is 38.6 Å². The molecule has 3 aromatic rings. The van der Waals surface area contributed by atoms with Gasteiger partial charge < -0.3 is 10.1 Å². The first kappa shape index (κ1) is 23.3. The molecule has 7 nitrogen and oxygen atoms in total. The van der Waals surface area contributed by atoms with Crippen LogP contribution < -0.4 is 10.0 Å². The van der Waals surface area contributed by atoms with Gasteiger partial charge in [-0.1, -0.05) is 30.0 Å². The Morgan fingerprint density at radius 1 is 1.12 bits per heavy atom. The zero-order valence-electron chi connectivity index (χ0n) is 18.2. The molecule has 0 bridgehead atoms. The minimum atomic E-state index is -3.65. The van der Waals surface area contributed by atoms with E-state index in [9.17, 15) is 13.2 Å². The lowest BCUT2D eigenvalue weighted by Gasteiger charge is -2.11. The summed E-state index contributed by atoms with van der Waals surface area (Å²) in [7, 11) is -3.65. The summed E-state index contributed by atoms with van der Waals surface area (Å²) in [5.74, 6) is -0.167. The van der Waals surface area contributed by atoms with Crippen molar-refractivity contribution >= 4 is 33.4 Å². The SMILES string of the molecule is Cc1ccccc1S(=O)(=O)Nc1ccc(Sc2ccc(C(=O)NC[C@H]3CCCO3)cn2)cc1. The molecule has 0 aliphatic carbocycles. The smallest absolute Gasteiger partial charge is 0.262 e. The number of benzene rings is 2. The first-order valence-corrected chi connectivity index (χ1v) is 12.9. The zero-order valence-corrected chi connectivity index (χ0v) is 19.8. The molecule has 2 heterocycles. The number of pyridine rings is 1. The third kappa shape index (κ3) is 6.13. The van der Waals surface area contributed by atoms with E-state index in [1.165, 1.54) is 11.8 Å². The van der Waals surface area contributed by atoms with Crippen LogP contribution in [0.3, 0.4) is 0 Å². The second-order valence-corrected chi connectivity index (χ2v) is 10.5. The van der Waals surface area contributed by atoms with Gasteiger partial charge in [-0.15, -0.1) is 0 Å². The summed E-state index contributed by atoms with van der Waals surface area (Å²) in [4.78, 5) is 17.8. The molecule has 1 aliphatic rings. The molecule has 33 heavy (non-hydrogen) atoms. The van der Waals surface area contributed by atoms with Crippen LogP contribution in [0.4, 0.5) is 5.69 Å². The summed E-state index contributed by atoms with van der Waals surface area (Å²) in [5.41, 5.74) is 1.67. The second kappa shape index (κ2) is 10.4. The lowest BCUT2D eigenvalue weighted by molar-refractivity contribution is 0.0857. The Hall–Kier alpha value is -2.88. The number of ether oxygens (including phenoxy) is 1. The number of anilines is 1. The van der Waals surface area contributed by atoms with Crippen molar-refractivity contribution in [1.82, 2.24) is 10.3 Å². The molecule has 0 unspecified atom stereocenters. The zero-order chi connectivity index (χ0) is 23.3. The number of nitrogens with zero attached hydrogens (tertiary/aromatic N) is 1. The molecule has 2 N–H and O–H groups in total. The number of carbonyl (C=O) groups excluding carboxylic acids is 1. The maximum absolute atomic E-state index is 12.6. The Morgan fingerprint density at radius 3 is 2.58 bits per heavy atom. The molecule has 2 aromatic carbocycles. The van der Waals surface area contributed by atoms with Gasteiger partial charge in [0.15, 0.2) is 0 Å². The normalized spacial score (nSPS) is 15.8. The van der Waals surface area contributed by atoms with Crippen LogP contribution >= 0.6 is 11.8 Å². The highest BCUT2D eigenvalue weighted by Gasteiger charge is 2.17. The Balaban J connectivity index is 1.34. The molecule has 0 saturated carbocycles. The summed E-state index contributed by atoms with van der Waals surface area (Å²) < 4.78 is 33.4. The van der Waals surface area contributed by atoms with Crippen molar-refractivity contribution in [3.63, 3.8) is 0 Å². The molecule has 1 amide bonds. The van der Waals surface area contributed by atoms with Crippen LogP contribution in [0.5, 0.6) is 0 Å². The van der Waals surface area contributed by atoms with Gasteiger partial charge in [0.2, 0.25) is 0 Å². The van der Waals surface area contributed by atoms with Gasteiger partial charge in [-0.2, -0.15) is 0 Å². The standard InChI is InChI=1S/C24H25N3O4S2/c1-17-5-2-3-7-22(17)33(29,30)27-19-9-11-21(12-10-19)32-23-13-8-18(15-25-23)24(28)26-16-20-6-4-14-31-20/h2-3,5,7-13,15,20,27H,4,6,14,16H2,1H3,(H,26,28)/t20-/m1/s1. The van der Waals surface area contributed by atoms with Crippen LogP contribution in [0.2, 0.25) is 0 Å². The first-order valence-electron chi connectivity index (χ1n) is 10.6. The Labute approximate surface area is 198 Å². The molecule has 1 saturated heterocycles. The highest BCUT2D eigenvalue weighted by molar-refractivity contribution is 7.99. The third-order valence-electron chi connectivity index (χ3n) is 5.22. The van der Waals surface area contributed by atoms with Crippen molar-refractivity contribution in [2.75, 3.05) is 17.9 Å². The molecule has 1 aromatic heterocycles. The van der Waals surface area contributed by atoms with E-state index in [0.29, 0.717) is 23.4 Å². The molecule has 1 fully saturated rings. The fraction of sp³-hybridized carbons (Fsp3) is 0.250. The van der Waals surface area contributed by atoms with Crippen molar-refractivity contribution in [3.05, 3.63) is 78.0 Å². The fourth-order valence-electron chi connectivity index (χ4n) is 3.47. The van der Waals surface area contributed by atoms with Crippen molar-refractivity contribution in [2.24, 2.45) is 0 Å². The number of rotatable bonds is 8. The minimum Gasteiger partial charge on any atom is -0.376 e. The minimum absolute atomic E-state index is 0.0981. The maximum Gasteiger partial charge on any atom is 0.262 e. The van der Waals surface area contributed by atoms with Gasteiger partial charge in [-0.25, -0.2) is 13.4 Å². The molecular formula is C24H25N3O4S2. The van der Waals surface area contributed by atoms with Gasteiger partial charge in [0, 0.05) is 29.9 Å². The monoisotopic (exact) mass is 483 g/mol. The molecule has 172 valence electrons. The predicted octanol–water partition coefficient (Wildman–Crippen LogP) is 4.25. The summed E-state index contributed by atoms with van der Waals surface area (Å²) in [6.07, 6.45) is 3.66.